The summed E-state index contributed by atoms with van der Waals surface area (Å²) in [5.41, 5.74) is 8.31. The summed E-state index contributed by atoms with van der Waals surface area (Å²) in [7, 11) is 0. The summed E-state index contributed by atoms with van der Waals surface area (Å²) in [6.45, 7) is 1.97. The van der Waals surface area contributed by atoms with Crippen LogP contribution in [0.4, 0.5) is 17.2 Å². The molecular formula is C12H11Br2N3. The van der Waals surface area contributed by atoms with Crippen molar-refractivity contribution in [3.05, 3.63) is 45.0 Å². The van der Waals surface area contributed by atoms with Crippen molar-refractivity contribution in [1.29, 1.82) is 0 Å². The Kier molecular flexibility index (Phi) is 3.69. The van der Waals surface area contributed by atoms with Crippen molar-refractivity contribution in [3.63, 3.8) is 0 Å². The summed E-state index contributed by atoms with van der Waals surface area (Å²) >= 11 is 6.91. The molecule has 0 aliphatic carbocycles. The van der Waals surface area contributed by atoms with E-state index in [1.54, 1.807) is 6.20 Å². The number of pyridine rings is 1. The number of aryl methyl sites for hydroxylation is 1. The molecule has 2 aromatic rings. The second-order valence-electron chi connectivity index (χ2n) is 3.68. The third-order valence-corrected chi connectivity index (χ3v) is 3.43. The monoisotopic (exact) mass is 355 g/mol. The van der Waals surface area contributed by atoms with Gasteiger partial charge >= 0.3 is 0 Å². The fourth-order valence-corrected chi connectivity index (χ4v) is 2.59. The number of benzene rings is 1. The van der Waals surface area contributed by atoms with Gasteiger partial charge in [-0.3, -0.25) is 0 Å². The zero-order valence-corrected chi connectivity index (χ0v) is 12.3. The molecule has 0 radical (unpaired) electrons. The molecule has 3 nitrogen and oxygen atoms in total. The van der Waals surface area contributed by atoms with Crippen LogP contribution in [0.3, 0.4) is 0 Å². The Morgan fingerprint density at radius 1 is 1.24 bits per heavy atom. The molecule has 17 heavy (non-hydrogen) atoms. The number of nitrogens with two attached hydrogens (primary N) is 1. The Labute approximate surface area is 117 Å². The second-order valence-corrected chi connectivity index (χ2v) is 5.45. The predicted molar refractivity (Wildman–Crippen MR) is 78.5 cm³/mol. The highest BCUT2D eigenvalue weighted by molar-refractivity contribution is 9.11. The van der Waals surface area contributed by atoms with E-state index in [9.17, 15) is 0 Å². The first-order chi connectivity index (χ1) is 8.06. The average Bonchev–Trinajstić information content (AvgIpc) is 2.25. The van der Waals surface area contributed by atoms with E-state index in [4.69, 9.17) is 5.73 Å². The van der Waals surface area contributed by atoms with Crippen LogP contribution in [0, 0.1) is 6.92 Å². The van der Waals surface area contributed by atoms with E-state index >= 15 is 0 Å². The van der Waals surface area contributed by atoms with E-state index in [0.717, 1.165) is 26.0 Å². The number of nitrogens with one attached hydrogen (secondary N) is 1. The molecule has 5 heteroatoms. The second kappa shape index (κ2) is 5.06. The van der Waals surface area contributed by atoms with Gasteiger partial charge in [0.2, 0.25) is 0 Å². The van der Waals surface area contributed by atoms with Crippen molar-refractivity contribution in [3.8, 4) is 0 Å². The highest BCUT2D eigenvalue weighted by Gasteiger charge is 2.04. The van der Waals surface area contributed by atoms with Crippen molar-refractivity contribution in [2.75, 3.05) is 11.1 Å². The van der Waals surface area contributed by atoms with Crippen LogP contribution in [-0.4, -0.2) is 4.98 Å². The van der Waals surface area contributed by atoms with Gasteiger partial charge in [-0.25, -0.2) is 4.98 Å². The lowest BCUT2D eigenvalue weighted by Gasteiger charge is -2.10. The van der Waals surface area contributed by atoms with Crippen LogP contribution in [0.15, 0.2) is 39.4 Å². The van der Waals surface area contributed by atoms with Gasteiger partial charge < -0.3 is 11.1 Å². The van der Waals surface area contributed by atoms with Crippen LogP contribution in [0.25, 0.3) is 0 Å². The largest absolute Gasteiger partial charge is 0.397 e. The maximum Gasteiger partial charge on any atom is 0.133 e. The van der Waals surface area contributed by atoms with Crippen LogP contribution in [0.2, 0.25) is 0 Å². The van der Waals surface area contributed by atoms with Crippen LogP contribution in [0.1, 0.15) is 5.56 Å². The van der Waals surface area contributed by atoms with E-state index in [2.05, 4.69) is 42.2 Å². The summed E-state index contributed by atoms with van der Waals surface area (Å²) in [6.07, 6.45) is 1.64. The van der Waals surface area contributed by atoms with Crippen molar-refractivity contribution < 1.29 is 0 Å². The minimum absolute atomic E-state index is 0.669. The first kappa shape index (κ1) is 12.4. The lowest BCUT2D eigenvalue weighted by atomic mass is 10.2. The molecule has 1 heterocycles. The Hall–Kier alpha value is -1.07. The summed E-state index contributed by atoms with van der Waals surface area (Å²) < 4.78 is 2.00. The molecule has 0 aliphatic heterocycles. The standard InChI is InChI=1S/C12H11Br2N3/c1-7-4-9(15)6-16-12(7)17-11-3-2-8(13)5-10(11)14/h2-6H,15H2,1H3,(H,16,17). The molecule has 1 aromatic carbocycles. The van der Waals surface area contributed by atoms with E-state index in [1.165, 1.54) is 0 Å². The summed E-state index contributed by atoms with van der Waals surface area (Å²) in [6, 6.07) is 7.82. The van der Waals surface area contributed by atoms with Gasteiger partial charge in [0.25, 0.3) is 0 Å². The van der Waals surface area contributed by atoms with Crippen LogP contribution in [-0.2, 0) is 0 Å². The number of anilines is 3. The minimum atomic E-state index is 0.669. The number of rotatable bonds is 2. The average molecular weight is 357 g/mol. The molecule has 88 valence electrons. The molecule has 0 spiro atoms. The molecule has 0 saturated heterocycles. The summed E-state index contributed by atoms with van der Waals surface area (Å²) in [5.74, 6) is 0.808. The topological polar surface area (TPSA) is 50.9 Å². The molecule has 2 rings (SSSR count). The SMILES string of the molecule is Cc1cc(N)cnc1Nc1ccc(Br)cc1Br. The van der Waals surface area contributed by atoms with E-state index in [0.29, 0.717) is 5.69 Å². The number of nitrogens with zero attached hydrogens (tertiary/aromatic N) is 1. The van der Waals surface area contributed by atoms with Gasteiger partial charge in [-0.15, -0.1) is 0 Å². The summed E-state index contributed by atoms with van der Waals surface area (Å²) in [4.78, 5) is 4.27. The zero-order valence-electron chi connectivity index (χ0n) is 9.17. The van der Waals surface area contributed by atoms with Gasteiger partial charge in [0.05, 0.1) is 17.6 Å². The van der Waals surface area contributed by atoms with Crippen molar-refractivity contribution in [2.45, 2.75) is 6.92 Å². The molecule has 0 amide bonds. The number of nitrogen functional groups attached to an aromatic ring is 1. The lowest BCUT2D eigenvalue weighted by Crippen LogP contribution is -1.98. The molecule has 3 N–H and O–H groups in total. The fourth-order valence-electron chi connectivity index (χ4n) is 1.45. The van der Waals surface area contributed by atoms with Crippen LogP contribution < -0.4 is 11.1 Å². The van der Waals surface area contributed by atoms with E-state index < -0.39 is 0 Å². The van der Waals surface area contributed by atoms with Gasteiger partial charge in [0, 0.05) is 8.95 Å². The van der Waals surface area contributed by atoms with E-state index in [1.807, 2.05) is 31.2 Å². The normalized spacial score (nSPS) is 10.3. The molecule has 0 fully saturated rings. The lowest BCUT2D eigenvalue weighted by molar-refractivity contribution is 1.26. The Balaban J connectivity index is 2.31. The first-order valence-corrected chi connectivity index (χ1v) is 6.59. The zero-order chi connectivity index (χ0) is 12.4. The maximum atomic E-state index is 5.66. The Morgan fingerprint density at radius 3 is 2.65 bits per heavy atom. The molecule has 0 saturated carbocycles. The number of aromatic nitrogens is 1. The van der Waals surface area contributed by atoms with Gasteiger partial charge in [-0.1, -0.05) is 15.9 Å². The molecular weight excluding hydrogens is 346 g/mol. The van der Waals surface area contributed by atoms with Gasteiger partial charge in [-0.2, -0.15) is 0 Å². The van der Waals surface area contributed by atoms with E-state index in [-0.39, 0.29) is 0 Å². The van der Waals surface area contributed by atoms with Gasteiger partial charge in [-0.05, 0) is 52.7 Å². The Morgan fingerprint density at radius 2 is 2.00 bits per heavy atom. The molecule has 1 aromatic heterocycles. The first-order valence-electron chi connectivity index (χ1n) is 5.00. The summed E-state index contributed by atoms with van der Waals surface area (Å²) in [5, 5.41) is 3.26. The van der Waals surface area contributed by atoms with Crippen molar-refractivity contribution in [2.24, 2.45) is 0 Å². The molecule has 0 unspecified atom stereocenters. The van der Waals surface area contributed by atoms with Crippen molar-refractivity contribution >= 4 is 49.1 Å². The smallest absolute Gasteiger partial charge is 0.133 e. The molecule has 0 aliphatic rings. The number of hydrogen-bond donors (Lipinski definition) is 2. The minimum Gasteiger partial charge on any atom is -0.397 e. The van der Waals surface area contributed by atoms with Crippen molar-refractivity contribution in [1.82, 2.24) is 4.98 Å². The van der Waals surface area contributed by atoms with Crippen LogP contribution in [0.5, 0.6) is 0 Å². The Bertz CT molecular complexity index is 506. The third kappa shape index (κ3) is 2.98. The molecule has 0 bridgehead atoms. The highest BCUT2D eigenvalue weighted by Crippen LogP contribution is 2.29. The number of hydrogen-bond acceptors (Lipinski definition) is 3. The fraction of sp³-hybridized carbons (Fsp3) is 0.0833. The van der Waals surface area contributed by atoms with Gasteiger partial charge in [0.1, 0.15) is 5.82 Å². The molecule has 0 atom stereocenters. The van der Waals surface area contributed by atoms with Crippen LogP contribution >= 0.6 is 31.9 Å². The third-order valence-electron chi connectivity index (χ3n) is 2.28. The highest BCUT2D eigenvalue weighted by atomic mass is 79.9. The van der Waals surface area contributed by atoms with Gasteiger partial charge in [0.15, 0.2) is 0 Å². The quantitative estimate of drug-likeness (QED) is 0.846. The predicted octanol–water partition coefficient (Wildman–Crippen LogP) is 4.24. The maximum absolute atomic E-state index is 5.66. The number of halogens is 2.